The fraction of sp³-hybridized carbons (Fsp3) is 0.636. The molecule has 2 atom stereocenters. The summed E-state index contributed by atoms with van der Waals surface area (Å²) in [5, 5.41) is 6.05. The first-order valence-corrected chi connectivity index (χ1v) is 10.2. The summed E-state index contributed by atoms with van der Waals surface area (Å²) in [6.07, 6.45) is 8.82. The second kappa shape index (κ2) is 12.5. The number of hydrogen-bond acceptors (Lipinski definition) is 2. The zero-order valence-electron chi connectivity index (χ0n) is 16.9. The molecule has 0 bridgehead atoms. The first-order valence-electron chi connectivity index (χ1n) is 10.2. The van der Waals surface area contributed by atoms with Crippen LogP contribution in [-0.2, 0) is 0 Å². The molecule has 0 unspecified atom stereocenters. The van der Waals surface area contributed by atoms with E-state index in [4.69, 9.17) is 0 Å². The molecule has 0 fully saturated rings. The van der Waals surface area contributed by atoms with Gasteiger partial charge in [0.25, 0.3) is 11.8 Å². The molecule has 0 aliphatic heterocycles. The van der Waals surface area contributed by atoms with Crippen LogP contribution in [0.15, 0.2) is 24.3 Å². The Morgan fingerprint density at radius 2 is 1.15 bits per heavy atom. The molecule has 2 N–H and O–H groups in total. The molecule has 0 saturated heterocycles. The predicted molar refractivity (Wildman–Crippen MR) is 109 cm³/mol. The molecule has 0 spiro atoms. The molecule has 0 saturated carbocycles. The van der Waals surface area contributed by atoms with Gasteiger partial charge in [-0.1, -0.05) is 64.5 Å². The molecule has 146 valence electrons. The monoisotopic (exact) mass is 360 g/mol. The van der Waals surface area contributed by atoms with E-state index in [2.05, 4.69) is 24.5 Å². The highest BCUT2D eigenvalue weighted by Gasteiger charge is 2.19. The van der Waals surface area contributed by atoms with Crippen LogP contribution in [0.25, 0.3) is 0 Å². The summed E-state index contributed by atoms with van der Waals surface area (Å²) in [7, 11) is 0. The molecule has 2 amide bonds. The molecule has 1 aromatic carbocycles. The van der Waals surface area contributed by atoms with Gasteiger partial charge >= 0.3 is 0 Å². The number of benzene rings is 1. The van der Waals surface area contributed by atoms with E-state index in [0.717, 1.165) is 25.7 Å². The van der Waals surface area contributed by atoms with E-state index in [1.54, 1.807) is 24.3 Å². The lowest BCUT2D eigenvalue weighted by atomic mass is 10.0. The van der Waals surface area contributed by atoms with Gasteiger partial charge < -0.3 is 10.6 Å². The maximum Gasteiger partial charge on any atom is 0.252 e. The van der Waals surface area contributed by atoms with E-state index in [1.807, 2.05) is 13.8 Å². The minimum atomic E-state index is -0.168. The summed E-state index contributed by atoms with van der Waals surface area (Å²) in [5.74, 6) is -0.336. The molecule has 0 heterocycles. The second-order valence-corrected chi connectivity index (χ2v) is 7.29. The summed E-state index contributed by atoms with van der Waals surface area (Å²) in [5.41, 5.74) is 0.904. The van der Waals surface area contributed by atoms with E-state index in [1.165, 1.54) is 25.7 Å². The summed E-state index contributed by atoms with van der Waals surface area (Å²) in [6.45, 7) is 8.38. The molecular weight excluding hydrogens is 324 g/mol. The average molecular weight is 361 g/mol. The van der Waals surface area contributed by atoms with Crippen LogP contribution >= 0.6 is 0 Å². The van der Waals surface area contributed by atoms with Gasteiger partial charge in [0, 0.05) is 12.1 Å². The van der Waals surface area contributed by atoms with E-state index < -0.39 is 0 Å². The highest BCUT2D eigenvalue weighted by Crippen LogP contribution is 2.12. The number of hydrogen-bond donors (Lipinski definition) is 2. The van der Waals surface area contributed by atoms with Gasteiger partial charge in [-0.2, -0.15) is 0 Å². The van der Waals surface area contributed by atoms with Crippen LogP contribution in [0.4, 0.5) is 0 Å². The third-order valence-corrected chi connectivity index (χ3v) is 4.65. The van der Waals surface area contributed by atoms with Gasteiger partial charge in [0.1, 0.15) is 0 Å². The van der Waals surface area contributed by atoms with Crippen LogP contribution in [0.1, 0.15) is 99.8 Å². The van der Waals surface area contributed by atoms with E-state index >= 15 is 0 Å². The Hall–Kier alpha value is -1.84. The molecular formula is C22H36N2O2. The fourth-order valence-corrected chi connectivity index (χ4v) is 3.03. The lowest BCUT2D eigenvalue weighted by molar-refractivity contribution is 0.0903. The summed E-state index contributed by atoms with van der Waals surface area (Å²) in [6, 6.07) is 7.28. The Bertz CT molecular complexity index is 508. The van der Waals surface area contributed by atoms with Gasteiger partial charge in [-0.25, -0.2) is 0 Å². The predicted octanol–water partition coefficient (Wildman–Crippen LogP) is 5.08. The maximum absolute atomic E-state index is 12.6. The van der Waals surface area contributed by atoms with Crippen LogP contribution in [0.5, 0.6) is 0 Å². The normalized spacial score (nSPS) is 13.1. The third-order valence-electron chi connectivity index (χ3n) is 4.65. The number of unbranched alkanes of at least 4 members (excludes halogenated alkanes) is 4. The summed E-state index contributed by atoms with van der Waals surface area (Å²) >= 11 is 0. The Morgan fingerprint density at radius 3 is 1.50 bits per heavy atom. The smallest absolute Gasteiger partial charge is 0.252 e. The minimum absolute atomic E-state index is 0.109. The molecule has 4 heteroatoms. The number of carbonyl (C=O) groups excluding carboxylic acids is 2. The zero-order chi connectivity index (χ0) is 19.4. The Kier molecular flexibility index (Phi) is 10.7. The van der Waals surface area contributed by atoms with Crippen molar-refractivity contribution in [3.63, 3.8) is 0 Å². The highest BCUT2D eigenvalue weighted by molar-refractivity contribution is 6.07. The van der Waals surface area contributed by atoms with Crippen LogP contribution < -0.4 is 10.6 Å². The van der Waals surface area contributed by atoms with Crippen LogP contribution in [-0.4, -0.2) is 23.9 Å². The quantitative estimate of drug-likeness (QED) is 0.510. The van der Waals surface area contributed by atoms with Crippen molar-refractivity contribution in [2.75, 3.05) is 0 Å². The van der Waals surface area contributed by atoms with Crippen molar-refractivity contribution in [2.45, 2.75) is 91.1 Å². The number of amides is 2. The van der Waals surface area contributed by atoms with Crippen molar-refractivity contribution >= 4 is 11.8 Å². The second-order valence-electron chi connectivity index (χ2n) is 7.29. The summed E-state index contributed by atoms with van der Waals surface area (Å²) < 4.78 is 0. The van der Waals surface area contributed by atoms with E-state index in [0.29, 0.717) is 11.1 Å². The topological polar surface area (TPSA) is 58.2 Å². The largest absolute Gasteiger partial charge is 0.350 e. The lowest BCUT2D eigenvalue weighted by Crippen LogP contribution is -2.36. The van der Waals surface area contributed by atoms with Crippen LogP contribution in [0.3, 0.4) is 0 Å². The van der Waals surface area contributed by atoms with Gasteiger partial charge in [-0.15, -0.1) is 0 Å². The Balaban J connectivity index is 2.67. The number of rotatable bonds is 12. The van der Waals surface area contributed by atoms with Gasteiger partial charge in [0.05, 0.1) is 11.1 Å². The number of nitrogens with one attached hydrogen (secondary N) is 2. The van der Waals surface area contributed by atoms with Crippen molar-refractivity contribution in [3.05, 3.63) is 35.4 Å². The minimum Gasteiger partial charge on any atom is -0.350 e. The fourth-order valence-electron chi connectivity index (χ4n) is 3.03. The molecule has 0 aliphatic carbocycles. The molecule has 0 aromatic heterocycles. The van der Waals surface area contributed by atoms with Crippen LogP contribution in [0, 0.1) is 0 Å². The highest BCUT2D eigenvalue weighted by atomic mass is 16.2. The first-order chi connectivity index (χ1) is 12.5. The van der Waals surface area contributed by atoms with Crippen molar-refractivity contribution in [2.24, 2.45) is 0 Å². The van der Waals surface area contributed by atoms with Crippen molar-refractivity contribution in [3.8, 4) is 0 Å². The van der Waals surface area contributed by atoms with E-state index in [9.17, 15) is 9.59 Å². The van der Waals surface area contributed by atoms with Gasteiger partial charge in [-0.3, -0.25) is 9.59 Å². The molecule has 26 heavy (non-hydrogen) atoms. The first kappa shape index (κ1) is 22.2. The van der Waals surface area contributed by atoms with Crippen LogP contribution in [0.2, 0.25) is 0 Å². The maximum atomic E-state index is 12.6. The molecule has 0 radical (unpaired) electrons. The molecule has 1 rings (SSSR count). The lowest BCUT2D eigenvalue weighted by Gasteiger charge is -2.17. The molecule has 4 nitrogen and oxygen atoms in total. The van der Waals surface area contributed by atoms with Crippen molar-refractivity contribution in [1.82, 2.24) is 10.6 Å². The molecule has 0 aliphatic rings. The Labute approximate surface area is 159 Å². The third kappa shape index (κ3) is 8.03. The van der Waals surface area contributed by atoms with E-state index in [-0.39, 0.29) is 23.9 Å². The van der Waals surface area contributed by atoms with Gasteiger partial charge in [0.15, 0.2) is 0 Å². The SMILES string of the molecule is CCCCC[C@H](C)NC(=O)c1ccccc1C(=O)N[C@@H](C)CCCCC. The Morgan fingerprint density at radius 1 is 0.769 bits per heavy atom. The van der Waals surface area contributed by atoms with Gasteiger partial charge in [-0.05, 0) is 38.8 Å². The summed E-state index contributed by atoms with van der Waals surface area (Å²) in [4.78, 5) is 25.2. The van der Waals surface area contributed by atoms with Gasteiger partial charge in [0.2, 0.25) is 0 Å². The van der Waals surface area contributed by atoms with Crippen molar-refractivity contribution in [1.29, 1.82) is 0 Å². The zero-order valence-corrected chi connectivity index (χ0v) is 16.9. The standard InChI is InChI=1S/C22H36N2O2/c1-5-7-9-13-17(3)23-21(25)19-15-11-12-16-20(19)22(26)24-18(4)14-10-8-6-2/h11-12,15-18H,5-10,13-14H2,1-4H3,(H,23,25)(H,24,26)/t17-,18-/m0/s1. The van der Waals surface area contributed by atoms with Crippen molar-refractivity contribution < 1.29 is 9.59 Å². The number of carbonyl (C=O) groups is 2. The molecule has 1 aromatic rings. The average Bonchev–Trinajstić information content (AvgIpc) is 2.62.